The Labute approximate surface area is 92.4 Å². The van der Waals surface area contributed by atoms with Gasteiger partial charge in [0.1, 0.15) is 5.75 Å². The number of hydrogen-bond acceptors (Lipinski definition) is 4. The second kappa shape index (κ2) is 4.61. The summed E-state index contributed by atoms with van der Waals surface area (Å²) in [5.74, 6) is -0.104. The number of carbonyl (C=O) groups is 1. The molecule has 6 nitrogen and oxygen atoms in total. The van der Waals surface area contributed by atoms with Crippen LogP contribution in [0.15, 0.2) is 12.1 Å². The Morgan fingerprint density at radius 2 is 2.12 bits per heavy atom. The van der Waals surface area contributed by atoms with Gasteiger partial charge in [0.25, 0.3) is 5.69 Å². The minimum atomic E-state index is -0.555. The van der Waals surface area contributed by atoms with Crippen LogP contribution in [0.4, 0.5) is 11.4 Å². The van der Waals surface area contributed by atoms with Gasteiger partial charge in [-0.15, -0.1) is 0 Å². The van der Waals surface area contributed by atoms with Gasteiger partial charge in [0.15, 0.2) is 5.69 Å². The maximum Gasteiger partial charge on any atom is 0.296 e. The monoisotopic (exact) mass is 224 g/mol. The summed E-state index contributed by atoms with van der Waals surface area (Å²) < 4.78 is 5.00. The third-order valence-corrected chi connectivity index (χ3v) is 1.94. The molecule has 1 aromatic carbocycles. The van der Waals surface area contributed by atoms with Gasteiger partial charge in [-0.1, -0.05) is 0 Å². The fourth-order valence-electron chi connectivity index (χ4n) is 1.34. The van der Waals surface area contributed by atoms with E-state index < -0.39 is 4.92 Å². The molecule has 0 atom stereocenters. The normalized spacial score (nSPS) is 9.69. The highest BCUT2D eigenvalue weighted by atomic mass is 16.6. The molecule has 0 radical (unpaired) electrons. The van der Waals surface area contributed by atoms with E-state index in [-0.39, 0.29) is 23.0 Å². The number of nitro benzene ring substituents is 1. The number of aryl methyl sites for hydroxylation is 1. The van der Waals surface area contributed by atoms with E-state index in [4.69, 9.17) is 4.74 Å². The van der Waals surface area contributed by atoms with Gasteiger partial charge in [-0.05, 0) is 18.6 Å². The predicted octanol–water partition coefficient (Wildman–Crippen LogP) is 1.87. The lowest BCUT2D eigenvalue weighted by Gasteiger charge is -2.10. The van der Waals surface area contributed by atoms with E-state index in [0.29, 0.717) is 5.56 Å². The van der Waals surface area contributed by atoms with E-state index in [1.165, 1.54) is 20.1 Å². The van der Waals surface area contributed by atoms with Gasteiger partial charge < -0.3 is 10.1 Å². The van der Waals surface area contributed by atoms with Crippen molar-refractivity contribution in [1.29, 1.82) is 0 Å². The predicted molar refractivity (Wildman–Crippen MR) is 58.7 cm³/mol. The number of benzene rings is 1. The average molecular weight is 224 g/mol. The molecule has 1 rings (SSSR count). The van der Waals surface area contributed by atoms with E-state index in [0.717, 1.165) is 0 Å². The Morgan fingerprint density at radius 1 is 1.50 bits per heavy atom. The summed E-state index contributed by atoms with van der Waals surface area (Å²) in [5.41, 5.74) is 0.607. The van der Waals surface area contributed by atoms with Crippen molar-refractivity contribution in [2.24, 2.45) is 0 Å². The average Bonchev–Trinajstić information content (AvgIpc) is 2.19. The first kappa shape index (κ1) is 12.0. The summed E-state index contributed by atoms with van der Waals surface area (Å²) >= 11 is 0. The Balaban J connectivity index is 3.38. The Hall–Kier alpha value is -2.11. The number of nitro groups is 1. The fourth-order valence-corrected chi connectivity index (χ4v) is 1.34. The molecule has 0 aliphatic carbocycles. The number of rotatable bonds is 3. The molecule has 0 aliphatic heterocycles. The van der Waals surface area contributed by atoms with Crippen molar-refractivity contribution in [3.05, 3.63) is 27.8 Å². The Morgan fingerprint density at radius 3 is 2.56 bits per heavy atom. The standard InChI is InChI=1S/C10H12N2O4/c1-6-4-8(12(14)15)10(11-7(2)13)9(5-6)16-3/h4-5H,1-3H3,(H,11,13). The van der Waals surface area contributed by atoms with Crippen molar-refractivity contribution in [2.75, 3.05) is 12.4 Å². The number of anilines is 1. The van der Waals surface area contributed by atoms with Gasteiger partial charge in [0.05, 0.1) is 12.0 Å². The summed E-state index contributed by atoms with van der Waals surface area (Å²) in [5, 5.41) is 13.2. The smallest absolute Gasteiger partial charge is 0.296 e. The summed E-state index contributed by atoms with van der Waals surface area (Å²) in [4.78, 5) is 21.2. The first-order valence-corrected chi connectivity index (χ1v) is 4.56. The highest BCUT2D eigenvalue weighted by Crippen LogP contribution is 2.35. The van der Waals surface area contributed by atoms with Crippen LogP contribution >= 0.6 is 0 Å². The number of amides is 1. The molecule has 1 aromatic rings. The number of nitrogens with one attached hydrogen (secondary N) is 1. The van der Waals surface area contributed by atoms with Gasteiger partial charge in [-0.2, -0.15) is 0 Å². The maximum absolute atomic E-state index is 11.0. The van der Waals surface area contributed by atoms with Gasteiger partial charge in [0, 0.05) is 13.0 Å². The number of methoxy groups -OCH3 is 1. The van der Waals surface area contributed by atoms with Gasteiger partial charge in [-0.25, -0.2) is 0 Å². The summed E-state index contributed by atoms with van der Waals surface area (Å²) in [6.45, 7) is 3.00. The van der Waals surface area contributed by atoms with Gasteiger partial charge in [0.2, 0.25) is 5.91 Å². The lowest BCUT2D eigenvalue weighted by Crippen LogP contribution is -2.09. The van der Waals surface area contributed by atoms with Crippen molar-refractivity contribution in [3.8, 4) is 5.75 Å². The van der Waals surface area contributed by atoms with E-state index >= 15 is 0 Å². The number of hydrogen-bond donors (Lipinski definition) is 1. The summed E-state index contributed by atoms with van der Waals surface area (Å²) in [6, 6.07) is 3.01. The molecule has 0 bridgehead atoms. The topological polar surface area (TPSA) is 81.5 Å². The molecule has 86 valence electrons. The minimum Gasteiger partial charge on any atom is -0.494 e. The van der Waals surface area contributed by atoms with Crippen LogP contribution in [0.2, 0.25) is 0 Å². The van der Waals surface area contributed by atoms with Crippen LogP contribution in [-0.2, 0) is 4.79 Å². The summed E-state index contributed by atoms with van der Waals surface area (Å²) in [6.07, 6.45) is 0. The zero-order valence-electron chi connectivity index (χ0n) is 9.23. The second-order valence-electron chi connectivity index (χ2n) is 3.30. The van der Waals surface area contributed by atoms with Crippen molar-refractivity contribution in [1.82, 2.24) is 0 Å². The van der Waals surface area contributed by atoms with E-state index in [9.17, 15) is 14.9 Å². The molecule has 1 amide bonds. The van der Waals surface area contributed by atoms with E-state index in [2.05, 4.69) is 5.32 Å². The quantitative estimate of drug-likeness (QED) is 0.627. The summed E-state index contributed by atoms with van der Waals surface area (Å²) in [7, 11) is 1.39. The molecule has 0 saturated heterocycles. The molecule has 0 aliphatic rings. The largest absolute Gasteiger partial charge is 0.494 e. The third-order valence-electron chi connectivity index (χ3n) is 1.94. The molecular weight excluding hydrogens is 212 g/mol. The van der Waals surface area contributed by atoms with Gasteiger partial charge >= 0.3 is 0 Å². The lowest BCUT2D eigenvalue weighted by molar-refractivity contribution is -0.384. The van der Waals surface area contributed by atoms with Crippen LogP contribution < -0.4 is 10.1 Å². The zero-order chi connectivity index (χ0) is 12.3. The molecule has 1 N–H and O–H groups in total. The Kier molecular flexibility index (Phi) is 3.44. The van der Waals surface area contributed by atoms with E-state index in [1.807, 2.05) is 0 Å². The molecule has 0 unspecified atom stereocenters. The molecule has 0 spiro atoms. The Bertz CT molecular complexity index is 443. The highest BCUT2D eigenvalue weighted by Gasteiger charge is 2.20. The third kappa shape index (κ3) is 2.47. The minimum absolute atomic E-state index is 0.0885. The fraction of sp³-hybridized carbons (Fsp3) is 0.300. The molecule has 0 aromatic heterocycles. The second-order valence-corrected chi connectivity index (χ2v) is 3.30. The highest BCUT2D eigenvalue weighted by molar-refractivity contribution is 5.93. The molecule has 0 saturated carbocycles. The van der Waals surface area contributed by atoms with E-state index in [1.54, 1.807) is 13.0 Å². The first-order valence-electron chi connectivity index (χ1n) is 4.56. The van der Waals surface area contributed by atoms with Crippen molar-refractivity contribution < 1.29 is 14.5 Å². The zero-order valence-corrected chi connectivity index (χ0v) is 9.23. The van der Waals surface area contributed by atoms with Gasteiger partial charge in [-0.3, -0.25) is 14.9 Å². The van der Waals surface area contributed by atoms with Crippen molar-refractivity contribution in [3.63, 3.8) is 0 Å². The van der Waals surface area contributed by atoms with Crippen LogP contribution in [0.5, 0.6) is 5.75 Å². The number of nitrogens with zero attached hydrogens (tertiary/aromatic N) is 1. The first-order chi connectivity index (χ1) is 7.45. The van der Waals surface area contributed by atoms with Crippen molar-refractivity contribution in [2.45, 2.75) is 13.8 Å². The molecule has 0 heterocycles. The van der Waals surface area contributed by atoms with Crippen molar-refractivity contribution >= 4 is 17.3 Å². The SMILES string of the molecule is COc1cc(C)cc([N+](=O)[O-])c1NC(C)=O. The van der Waals surface area contributed by atoms with Crippen LogP contribution in [0.1, 0.15) is 12.5 Å². The molecule has 6 heteroatoms. The van der Waals surface area contributed by atoms with Crippen LogP contribution in [0.3, 0.4) is 0 Å². The number of ether oxygens (including phenoxy) is 1. The van der Waals surface area contributed by atoms with Crippen LogP contribution in [-0.4, -0.2) is 17.9 Å². The molecular formula is C10H12N2O4. The van der Waals surface area contributed by atoms with Crippen LogP contribution in [0, 0.1) is 17.0 Å². The maximum atomic E-state index is 11.0. The van der Waals surface area contributed by atoms with Crippen LogP contribution in [0.25, 0.3) is 0 Å². The molecule has 0 fully saturated rings. The number of carbonyl (C=O) groups excluding carboxylic acids is 1. The lowest BCUT2D eigenvalue weighted by atomic mass is 10.1. The molecule has 16 heavy (non-hydrogen) atoms.